The lowest BCUT2D eigenvalue weighted by Gasteiger charge is -2.23. The average molecular weight is 536 g/mol. The molecule has 2 atom stereocenters. The highest BCUT2D eigenvalue weighted by Crippen LogP contribution is 2.31. The summed E-state index contributed by atoms with van der Waals surface area (Å²) in [6.45, 7) is 3.23. The Morgan fingerprint density at radius 2 is 1.97 bits per heavy atom. The van der Waals surface area contributed by atoms with E-state index in [2.05, 4.69) is 20.6 Å². The summed E-state index contributed by atoms with van der Waals surface area (Å²) in [4.78, 5) is 36.5. The van der Waals surface area contributed by atoms with Crippen LogP contribution in [0.5, 0.6) is 0 Å². The number of fused-ring (bicyclic) bond motifs is 1. The zero-order chi connectivity index (χ0) is 26.6. The molecule has 0 radical (unpaired) electrons. The van der Waals surface area contributed by atoms with Gasteiger partial charge in [0.2, 0.25) is 11.9 Å². The number of anilines is 1. The van der Waals surface area contributed by atoms with Gasteiger partial charge in [-0.3, -0.25) is 9.59 Å². The number of halogens is 1. The summed E-state index contributed by atoms with van der Waals surface area (Å²) in [5, 5.41) is 16.8. The number of hydrogen-bond acceptors (Lipinski definition) is 7. The number of carbonyl (C=O) groups is 2. The number of aliphatic hydroxyl groups is 1. The van der Waals surface area contributed by atoms with Crippen LogP contribution in [0.2, 0.25) is 5.02 Å². The quantitative estimate of drug-likeness (QED) is 0.403. The largest absolute Gasteiger partial charge is 0.391 e. The van der Waals surface area contributed by atoms with Crippen molar-refractivity contribution in [1.29, 1.82) is 0 Å². The minimum absolute atomic E-state index is 0.119. The van der Waals surface area contributed by atoms with Gasteiger partial charge in [0.25, 0.3) is 5.91 Å². The van der Waals surface area contributed by atoms with Crippen molar-refractivity contribution in [3.63, 3.8) is 0 Å². The van der Waals surface area contributed by atoms with Crippen molar-refractivity contribution in [2.24, 2.45) is 0 Å². The van der Waals surface area contributed by atoms with Gasteiger partial charge in [0.1, 0.15) is 6.54 Å². The molecule has 3 N–H and O–H groups in total. The van der Waals surface area contributed by atoms with Crippen molar-refractivity contribution in [2.75, 3.05) is 25.1 Å². The van der Waals surface area contributed by atoms with E-state index in [0.29, 0.717) is 47.6 Å². The molecule has 0 unspecified atom stereocenters. The smallest absolute Gasteiger partial charge is 0.254 e. The first-order chi connectivity index (χ1) is 18.4. The maximum absolute atomic E-state index is 13.2. The van der Waals surface area contributed by atoms with Crippen LogP contribution >= 0.6 is 11.6 Å². The molecule has 0 saturated carbocycles. The van der Waals surface area contributed by atoms with E-state index in [1.807, 2.05) is 42.5 Å². The number of ether oxygens (including phenoxy) is 1. The molecular formula is C28H30ClN5O4. The second-order valence-corrected chi connectivity index (χ2v) is 10.1. The Morgan fingerprint density at radius 1 is 1.21 bits per heavy atom. The van der Waals surface area contributed by atoms with Gasteiger partial charge >= 0.3 is 0 Å². The van der Waals surface area contributed by atoms with Gasteiger partial charge in [0.05, 0.1) is 29.1 Å². The van der Waals surface area contributed by atoms with Crippen LogP contribution in [0, 0.1) is 0 Å². The lowest BCUT2D eigenvalue weighted by molar-refractivity contribution is -0.123. The van der Waals surface area contributed by atoms with Crippen molar-refractivity contribution in [3.05, 3.63) is 76.4 Å². The lowest BCUT2D eigenvalue weighted by atomic mass is 10.0. The molecule has 1 aromatic heterocycles. The Morgan fingerprint density at radius 3 is 2.71 bits per heavy atom. The molecule has 0 bridgehead atoms. The Balaban J connectivity index is 1.28. The molecule has 2 amide bonds. The van der Waals surface area contributed by atoms with Crippen LogP contribution in [-0.2, 0) is 16.1 Å². The minimum Gasteiger partial charge on any atom is -0.391 e. The van der Waals surface area contributed by atoms with Gasteiger partial charge in [-0.25, -0.2) is 9.97 Å². The van der Waals surface area contributed by atoms with Crippen LogP contribution in [0.3, 0.4) is 0 Å². The van der Waals surface area contributed by atoms with E-state index in [0.717, 1.165) is 24.0 Å². The number of aliphatic hydroxyl groups excluding tert-OH is 1. The molecular weight excluding hydrogens is 506 g/mol. The van der Waals surface area contributed by atoms with E-state index >= 15 is 0 Å². The van der Waals surface area contributed by atoms with Crippen LogP contribution in [0.15, 0.2) is 54.7 Å². The van der Waals surface area contributed by atoms with E-state index < -0.39 is 12.1 Å². The number of nitrogens with one attached hydrogen (secondary N) is 2. The van der Waals surface area contributed by atoms with Gasteiger partial charge in [0.15, 0.2) is 0 Å². The molecule has 1 saturated heterocycles. The Kier molecular flexibility index (Phi) is 7.87. The topological polar surface area (TPSA) is 117 Å². The fraction of sp³-hybridized carbons (Fsp3) is 0.357. The number of amides is 2. The molecule has 38 heavy (non-hydrogen) atoms. The van der Waals surface area contributed by atoms with Gasteiger partial charge < -0.3 is 25.4 Å². The molecule has 3 aromatic rings. The molecule has 2 aromatic carbocycles. The third-order valence-electron chi connectivity index (χ3n) is 6.85. The van der Waals surface area contributed by atoms with Crippen LogP contribution in [0.1, 0.15) is 47.3 Å². The van der Waals surface area contributed by atoms with Gasteiger partial charge in [-0.1, -0.05) is 54.1 Å². The van der Waals surface area contributed by atoms with Gasteiger partial charge in [-0.05, 0) is 37.0 Å². The van der Waals surface area contributed by atoms with Crippen LogP contribution in [-0.4, -0.2) is 63.7 Å². The highest BCUT2D eigenvalue weighted by molar-refractivity contribution is 6.33. The monoisotopic (exact) mass is 535 g/mol. The van der Waals surface area contributed by atoms with Gasteiger partial charge in [-0.15, -0.1) is 0 Å². The minimum atomic E-state index is -0.793. The molecule has 3 heterocycles. The van der Waals surface area contributed by atoms with E-state index in [4.69, 9.17) is 16.3 Å². The van der Waals surface area contributed by atoms with Crippen LogP contribution in [0.25, 0.3) is 11.3 Å². The normalized spacial score (nSPS) is 17.1. The molecule has 9 nitrogen and oxygen atoms in total. The molecule has 2 aliphatic rings. The van der Waals surface area contributed by atoms with Crippen molar-refractivity contribution >= 4 is 29.4 Å². The summed E-state index contributed by atoms with van der Waals surface area (Å²) in [7, 11) is 0. The van der Waals surface area contributed by atoms with Crippen LogP contribution < -0.4 is 10.6 Å². The van der Waals surface area contributed by atoms with Crippen molar-refractivity contribution < 1.29 is 19.4 Å². The highest BCUT2D eigenvalue weighted by Gasteiger charge is 2.30. The summed E-state index contributed by atoms with van der Waals surface area (Å²) >= 11 is 6.44. The maximum Gasteiger partial charge on any atom is 0.254 e. The maximum atomic E-state index is 13.2. The molecule has 2 aliphatic heterocycles. The molecule has 0 aliphatic carbocycles. The fourth-order valence-electron chi connectivity index (χ4n) is 4.84. The van der Waals surface area contributed by atoms with Crippen molar-refractivity contribution in [2.45, 2.75) is 44.5 Å². The van der Waals surface area contributed by atoms with Crippen LogP contribution in [0.4, 0.5) is 5.95 Å². The van der Waals surface area contributed by atoms with Gasteiger partial charge in [0, 0.05) is 36.9 Å². The van der Waals surface area contributed by atoms with Crippen molar-refractivity contribution in [1.82, 2.24) is 20.2 Å². The SMILES string of the molecule is C[C@@H](O)[C@@H](NC(=O)CN1Cc2ccc(-c3nc(NC4CCOCC4)ncc3Cl)cc2C1=O)c1ccccc1. The first kappa shape index (κ1) is 26.1. The van der Waals surface area contributed by atoms with E-state index in [-0.39, 0.29) is 24.4 Å². The average Bonchev–Trinajstić information content (AvgIpc) is 3.23. The number of carbonyl (C=O) groups excluding carboxylic acids is 2. The Labute approximate surface area is 226 Å². The number of rotatable bonds is 8. The predicted octanol–water partition coefficient (Wildman–Crippen LogP) is 3.58. The zero-order valence-corrected chi connectivity index (χ0v) is 21.8. The highest BCUT2D eigenvalue weighted by atomic mass is 35.5. The van der Waals surface area contributed by atoms with E-state index in [1.165, 1.54) is 4.90 Å². The number of hydrogen-bond donors (Lipinski definition) is 3. The predicted molar refractivity (Wildman–Crippen MR) is 144 cm³/mol. The van der Waals surface area contributed by atoms with Crippen molar-refractivity contribution in [3.8, 4) is 11.3 Å². The number of aromatic nitrogens is 2. The molecule has 0 spiro atoms. The summed E-state index contributed by atoms with van der Waals surface area (Å²) in [5.74, 6) is -0.104. The number of benzene rings is 2. The summed E-state index contributed by atoms with van der Waals surface area (Å²) in [6.07, 6.45) is 2.52. The molecule has 5 rings (SSSR count). The standard InChI is InChI=1S/C28H30ClN5O4/c1-17(35)25(18-5-3-2-4-6-18)32-24(36)16-34-15-20-8-7-19(13-22(20)27(34)37)26-23(29)14-30-28(33-26)31-21-9-11-38-12-10-21/h2-8,13-14,17,21,25,35H,9-12,15-16H2,1H3,(H,32,36)(H,30,31,33)/t17-,25-/m1/s1. The lowest BCUT2D eigenvalue weighted by Crippen LogP contribution is -2.41. The molecule has 198 valence electrons. The van der Waals surface area contributed by atoms with E-state index in [1.54, 1.807) is 19.2 Å². The first-order valence-corrected chi connectivity index (χ1v) is 13.1. The summed E-state index contributed by atoms with van der Waals surface area (Å²) in [5.41, 5.74) is 3.37. The Hall–Kier alpha value is -3.53. The molecule has 1 fully saturated rings. The number of nitrogens with zero attached hydrogens (tertiary/aromatic N) is 3. The zero-order valence-electron chi connectivity index (χ0n) is 21.1. The Bertz CT molecular complexity index is 1310. The summed E-state index contributed by atoms with van der Waals surface area (Å²) < 4.78 is 5.41. The second-order valence-electron chi connectivity index (χ2n) is 9.65. The third-order valence-corrected chi connectivity index (χ3v) is 7.13. The fourth-order valence-corrected chi connectivity index (χ4v) is 5.04. The second kappa shape index (κ2) is 11.5. The first-order valence-electron chi connectivity index (χ1n) is 12.7. The summed E-state index contributed by atoms with van der Waals surface area (Å²) in [6, 6.07) is 14.4. The van der Waals surface area contributed by atoms with Gasteiger partial charge in [-0.2, -0.15) is 0 Å². The third kappa shape index (κ3) is 5.80. The molecule has 10 heteroatoms. The van der Waals surface area contributed by atoms with E-state index in [9.17, 15) is 14.7 Å².